The fraction of sp³-hybridized carbons (Fsp3) is 0.192. The summed E-state index contributed by atoms with van der Waals surface area (Å²) in [5.41, 5.74) is 0.0627. The van der Waals surface area contributed by atoms with Crippen molar-refractivity contribution in [2.75, 3.05) is 7.11 Å². The number of hydrogen-bond donors (Lipinski definition) is 1. The van der Waals surface area contributed by atoms with Gasteiger partial charge in [-0.1, -0.05) is 36.7 Å². The summed E-state index contributed by atoms with van der Waals surface area (Å²) >= 11 is 6.20. The number of amides is 1. The van der Waals surface area contributed by atoms with Crippen LogP contribution in [-0.4, -0.2) is 22.2 Å². The van der Waals surface area contributed by atoms with Crippen LogP contribution in [0.2, 0.25) is 5.02 Å². The first kappa shape index (κ1) is 24.2. The molecule has 1 atom stereocenters. The minimum Gasteiger partial charge on any atom is -0.497 e. The van der Waals surface area contributed by atoms with E-state index < -0.39 is 23.2 Å². The predicted molar refractivity (Wildman–Crippen MR) is 133 cm³/mol. The second kappa shape index (κ2) is 10.1. The van der Waals surface area contributed by atoms with E-state index in [9.17, 15) is 18.8 Å². The second-order valence-corrected chi connectivity index (χ2v) is 8.36. The van der Waals surface area contributed by atoms with Crippen molar-refractivity contribution in [1.82, 2.24) is 14.5 Å². The van der Waals surface area contributed by atoms with Crippen LogP contribution in [0, 0.1) is 5.82 Å². The van der Waals surface area contributed by atoms with Crippen LogP contribution >= 0.6 is 11.6 Å². The molecule has 180 valence electrons. The first-order valence-electron chi connectivity index (χ1n) is 11.0. The second-order valence-electron chi connectivity index (χ2n) is 7.92. The van der Waals surface area contributed by atoms with Gasteiger partial charge in [-0.2, -0.15) is 0 Å². The van der Waals surface area contributed by atoms with Gasteiger partial charge in [0.15, 0.2) is 0 Å². The van der Waals surface area contributed by atoms with Gasteiger partial charge in [0.05, 0.1) is 23.7 Å². The lowest BCUT2D eigenvalue weighted by Crippen LogP contribution is -2.44. The Bertz CT molecular complexity index is 1510. The van der Waals surface area contributed by atoms with Crippen LogP contribution in [0.1, 0.15) is 24.9 Å². The van der Waals surface area contributed by atoms with Crippen LogP contribution < -0.4 is 21.3 Å². The van der Waals surface area contributed by atoms with Gasteiger partial charge in [0.25, 0.3) is 5.56 Å². The van der Waals surface area contributed by atoms with Crippen LogP contribution in [0.15, 0.2) is 76.3 Å². The number of nitrogens with zero attached hydrogens (tertiary/aromatic N) is 2. The van der Waals surface area contributed by atoms with E-state index in [0.717, 1.165) is 4.57 Å². The Kier molecular flexibility index (Phi) is 7.02. The summed E-state index contributed by atoms with van der Waals surface area (Å²) in [6, 6.07) is 16.0. The zero-order chi connectivity index (χ0) is 25.1. The van der Waals surface area contributed by atoms with E-state index in [4.69, 9.17) is 16.3 Å². The minimum absolute atomic E-state index is 0.151. The van der Waals surface area contributed by atoms with Crippen molar-refractivity contribution in [3.05, 3.63) is 104 Å². The van der Waals surface area contributed by atoms with Crippen molar-refractivity contribution >= 4 is 28.4 Å². The number of fused-ring (bicyclic) bond motifs is 1. The molecular formula is C26H23ClFN3O4. The maximum Gasteiger partial charge on any atom is 0.336 e. The van der Waals surface area contributed by atoms with Gasteiger partial charge in [0.2, 0.25) is 5.91 Å². The van der Waals surface area contributed by atoms with Gasteiger partial charge in [-0.05, 0) is 54.4 Å². The van der Waals surface area contributed by atoms with Crippen molar-refractivity contribution in [3.8, 4) is 11.4 Å². The molecule has 1 aromatic heterocycles. The van der Waals surface area contributed by atoms with Crippen LogP contribution in [-0.2, 0) is 11.3 Å². The number of rotatable bonds is 7. The van der Waals surface area contributed by atoms with Gasteiger partial charge in [-0.25, -0.2) is 13.8 Å². The van der Waals surface area contributed by atoms with Crippen LogP contribution in [0.4, 0.5) is 4.39 Å². The normalized spacial score (nSPS) is 11.9. The molecule has 1 amide bonds. The molecule has 0 aliphatic carbocycles. The molecule has 9 heteroatoms. The molecule has 0 aliphatic rings. The van der Waals surface area contributed by atoms with Gasteiger partial charge in [-0.15, -0.1) is 0 Å². The van der Waals surface area contributed by atoms with Crippen LogP contribution in [0.25, 0.3) is 16.6 Å². The summed E-state index contributed by atoms with van der Waals surface area (Å²) in [7, 11) is 1.49. The molecular weight excluding hydrogens is 473 g/mol. The van der Waals surface area contributed by atoms with E-state index >= 15 is 0 Å². The quantitative estimate of drug-likeness (QED) is 0.416. The van der Waals surface area contributed by atoms with Crippen molar-refractivity contribution in [2.45, 2.75) is 25.9 Å². The number of hydrogen-bond acceptors (Lipinski definition) is 4. The fourth-order valence-corrected chi connectivity index (χ4v) is 4.14. The molecule has 35 heavy (non-hydrogen) atoms. The number of aromatic nitrogens is 2. The van der Waals surface area contributed by atoms with Gasteiger partial charge in [0, 0.05) is 17.6 Å². The van der Waals surface area contributed by atoms with E-state index in [1.165, 1.54) is 35.9 Å². The first-order valence-corrected chi connectivity index (χ1v) is 11.3. The van der Waals surface area contributed by atoms with E-state index in [1.807, 2.05) is 0 Å². The third-order valence-corrected chi connectivity index (χ3v) is 5.98. The highest BCUT2D eigenvalue weighted by atomic mass is 35.5. The minimum atomic E-state index is -0.929. The van der Waals surface area contributed by atoms with Crippen LogP contribution in [0.3, 0.4) is 0 Å². The molecule has 0 spiro atoms. The Balaban J connectivity index is 1.86. The molecule has 4 aromatic rings. The summed E-state index contributed by atoms with van der Waals surface area (Å²) in [5, 5.41) is 3.37. The number of benzene rings is 3. The lowest BCUT2D eigenvalue weighted by Gasteiger charge is -2.22. The summed E-state index contributed by atoms with van der Waals surface area (Å²) < 4.78 is 20.8. The number of carbonyl (C=O) groups is 1. The highest BCUT2D eigenvalue weighted by molar-refractivity contribution is 6.31. The maximum absolute atomic E-state index is 13.8. The molecule has 0 aliphatic heterocycles. The van der Waals surface area contributed by atoms with E-state index in [-0.39, 0.29) is 29.7 Å². The highest BCUT2D eigenvalue weighted by Crippen LogP contribution is 2.22. The fourth-order valence-electron chi connectivity index (χ4n) is 3.98. The molecule has 1 heterocycles. The number of halogens is 2. The van der Waals surface area contributed by atoms with Gasteiger partial charge in [-0.3, -0.25) is 14.2 Å². The summed E-state index contributed by atoms with van der Waals surface area (Å²) in [5.74, 6) is -0.321. The number of methoxy groups -OCH3 is 1. The Hall–Kier alpha value is -3.91. The monoisotopic (exact) mass is 495 g/mol. The molecule has 1 N–H and O–H groups in total. The molecule has 3 aromatic carbocycles. The zero-order valence-electron chi connectivity index (χ0n) is 19.1. The topological polar surface area (TPSA) is 82.3 Å². The third-order valence-electron chi connectivity index (χ3n) is 5.74. The maximum atomic E-state index is 13.8. The molecule has 0 radical (unpaired) electrons. The Morgan fingerprint density at radius 1 is 1.09 bits per heavy atom. The average molecular weight is 496 g/mol. The Labute approximate surface area is 205 Å². The summed E-state index contributed by atoms with van der Waals surface area (Å²) in [6.07, 6.45) is 0.271. The predicted octanol–water partition coefficient (Wildman–Crippen LogP) is 4.22. The van der Waals surface area contributed by atoms with E-state index in [0.29, 0.717) is 22.0 Å². The number of nitrogens with one attached hydrogen (secondary N) is 1. The Morgan fingerprint density at radius 2 is 1.83 bits per heavy atom. The van der Waals surface area contributed by atoms with Crippen molar-refractivity contribution in [3.63, 3.8) is 0 Å². The third kappa shape index (κ3) is 4.83. The van der Waals surface area contributed by atoms with Crippen LogP contribution in [0.5, 0.6) is 5.75 Å². The smallest absolute Gasteiger partial charge is 0.336 e. The molecule has 0 saturated heterocycles. The SMILES string of the molecule is CCC(C(=O)NCc1ccc(F)cc1)n1c(=O)n(-c2cccc(OC)c2)c(=O)c2ccc(Cl)cc21. The van der Waals surface area contributed by atoms with Crippen molar-refractivity contribution < 1.29 is 13.9 Å². The summed E-state index contributed by atoms with van der Waals surface area (Å²) in [6.45, 7) is 1.92. The van der Waals surface area contributed by atoms with Gasteiger partial charge < -0.3 is 10.1 Å². The number of carbonyl (C=O) groups excluding carboxylic acids is 1. The summed E-state index contributed by atoms with van der Waals surface area (Å²) in [4.78, 5) is 40.4. The van der Waals surface area contributed by atoms with E-state index in [1.54, 1.807) is 49.4 Å². The Morgan fingerprint density at radius 3 is 2.51 bits per heavy atom. The van der Waals surface area contributed by atoms with Gasteiger partial charge in [0.1, 0.15) is 17.6 Å². The molecule has 1 unspecified atom stereocenters. The number of ether oxygens (including phenoxy) is 1. The zero-order valence-corrected chi connectivity index (χ0v) is 19.9. The first-order chi connectivity index (χ1) is 16.8. The lowest BCUT2D eigenvalue weighted by atomic mass is 10.1. The lowest BCUT2D eigenvalue weighted by molar-refractivity contribution is -0.124. The molecule has 7 nitrogen and oxygen atoms in total. The standard InChI is InChI=1S/C26H23ClFN3O4/c1-3-22(24(32)29-15-16-7-10-18(28)11-8-16)31-23-13-17(27)9-12-21(23)25(33)30(26(31)34)19-5-4-6-20(14-19)35-2/h4-14,22H,3,15H2,1-2H3,(H,29,32). The van der Waals surface area contributed by atoms with Crippen molar-refractivity contribution in [2.24, 2.45) is 0 Å². The average Bonchev–Trinajstić information content (AvgIpc) is 2.86. The van der Waals surface area contributed by atoms with Gasteiger partial charge >= 0.3 is 5.69 Å². The molecule has 0 bridgehead atoms. The molecule has 4 rings (SSSR count). The van der Waals surface area contributed by atoms with Crippen molar-refractivity contribution in [1.29, 1.82) is 0 Å². The largest absolute Gasteiger partial charge is 0.497 e. The molecule has 0 fully saturated rings. The molecule has 0 saturated carbocycles. The highest BCUT2D eigenvalue weighted by Gasteiger charge is 2.25. The van der Waals surface area contributed by atoms with E-state index in [2.05, 4.69) is 5.32 Å².